The molecule has 0 radical (unpaired) electrons. The van der Waals surface area contributed by atoms with Crippen LogP contribution in [0.2, 0.25) is 0 Å². The van der Waals surface area contributed by atoms with E-state index in [1.54, 1.807) is 4.38 Å². The van der Waals surface area contributed by atoms with Crippen LogP contribution in [0, 0.1) is 0 Å². The molecule has 0 bridgehead atoms. The lowest BCUT2D eigenvalue weighted by molar-refractivity contribution is -0.563. The fourth-order valence-corrected chi connectivity index (χ4v) is 4.08. The number of piperidine rings is 1. The highest BCUT2D eigenvalue weighted by atomic mass is 32.2. The maximum absolute atomic E-state index is 2.61. The average Bonchev–Trinajstić information content (AvgIpc) is 2.47. The minimum absolute atomic E-state index is 0.885. The Labute approximate surface area is 76.6 Å². The Morgan fingerprint density at radius 1 is 1.55 bits per heavy atom. The molecule has 0 aromatic heterocycles. The first-order valence-electron chi connectivity index (χ1n) is 4.22. The largest absolute Gasteiger partial charge is 0.270 e. The Morgan fingerprint density at radius 2 is 2.45 bits per heavy atom. The molecular weight excluding hydrogens is 174 g/mol. The summed E-state index contributed by atoms with van der Waals surface area (Å²) < 4.78 is 4.17. The Hall–Kier alpha value is 0.370. The molecule has 1 nitrogen and oxygen atoms in total. The van der Waals surface area contributed by atoms with Gasteiger partial charge in [0, 0.05) is 12.8 Å². The molecule has 1 atom stereocenters. The second kappa shape index (κ2) is 3.40. The molecule has 0 aromatic rings. The zero-order chi connectivity index (χ0) is 7.68. The summed E-state index contributed by atoms with van der Waals surface area (Å²) in [6, 6.07) is 0.885. The van der Waals surface area contributed by atoms with Gasteiger partial charge in [-0.05, 0) is 24.4 Å². The molecule has 0 N–H and O–H groups in total. The van der Waals surface area contributed by atoms with Crippen LogP contribution in [0.25, 0.3) is 0 Å². The van der Waals surface area contributed by atoms with Gasteiger partial charge in [-0.1, -0.05) is 11.8 Å². The molecular formula is C8H14NS2+. The van der Waals surface area contributed by atoms with Crippen molar-refractivity contribution >= 4 is 27.9 Å². The zero-order valence-corrected chi connectivity index (χ0v) is 8.51. The molecule has 3 heteroatoms. The van der Waals surface area contributed by atoms with Gasteiger partial charge < -0.3 is 0 Å². The van der Waals surface area contributed by atoms with E-state index in [-0.39, 0.29) is 0 Å². The third-order valence-electron chi connectivity index (χ3n) is 2.44. The van der Waals surface area contributed by atoms with Crippen LogP contribution in [-0.4, -0.2) is 33.5 Å². The summed E-state index contributed by atoms with van der Waals surface area (Å²) in [5.74, 6) is 1.34. The van der Waals surface area contributed by atoms with E-state index in [4.69, 9.17) is 0 Å². The van der Waals surface area contributed by atoms with Crippen LogP contribution in [-0.2, 0) is 0 Å². The van der Waals surface area contributed by atoms with E-state index in [1.807, 2.05) is 11.8 Å². The molecule has 0 aliphatic carbocycles. The number of thioether (sulfide) groups is 2. The number of hydrogen-bond acceptors (Lipinski definition) is 2. The Balaban J connectivity index is 2.16. The first-order chi connectivity index (χ1) is 5.42. The molecule has 1 fully saturated rings. The third kappa shape index (κ3) is 1.45. The third-order valence-corrected chi connectivity index (χ3v) is 4.91. The lowest BCUT2D eigenvalue weighted by Gasteiger charge is -2.14. The van der Waals surface area contributed by atoms with Gasteiger partial charge in [-0.2, -0.15) is 0 Å². The van der Waals surface area contributed by atoms with Crippen LogP contribution in [0.1, 0.15) is 19.3 Å². The van der Waals surface area contributed by atoms with E-state index in [0.717, 1.165) is 6.04 Å². The summed E-state index contributed by atoms with van der Waals surface area (Å²) in [4.78, 5) is 0. The van der Waals surface area contributed by atoms with Gasteiger partial charge in [0.25, 0.3) is 4.38 Å². The van der Waals surface area contributed by atoms with E-state index in [1.165, 1.54) is 31.6 Å². The smallest absolute Gasteiger partial charge is 0.215 e. The highest BCUT2D eigenvalue weighted by Gasteiger charge is 2.34. The monoisotopic (exact) mass is 188 g/mol. The number of nitrogens with zero attached hydrogens (tertiary/aromatic N) is 1. The molecule has 0 spiro atoms. The summed E-state index contributed by atoms with van der Waals surface area (Å²) in [6.45, 7) is 1.31. The van der Waals surface area contributed by atoms with Crippen molar-refractivity contribution in [2.24, 2.45) is 0 Å². The van der Waals surface area contributed by atoms with Crippen LogP contribution in [0.5, 0.6) is 0 Å². The lowest BCUT2D eigenvalue weighted by Crippen LogP contribution is -2.30. The summed E-state index contributed by atoms with van der Waals surface area (Å²) in [5, 5.41) is 0. The first kappa shape index (κ1) is 7.99. The summed E-state index contributed by atoms with van der Waals surface area (Å²) in [5.41, 5.74) is 0. The summed E-state index contributed by atoms with van der Waals surface area (Å²) in [7, 11) is 0. The molecule has 0 amide bonds. The van der Waals surface area contributed by atoms with Gasteiger partial charge in [0.15, 0.2) is 6.04 Å². The maximum Gasteiger partial charge on any atom is 0.270 e. The van der Waals surface area contributed by atoms with Gasteiger partial charge in [0.2, 0.25) is 0 Å². The molecule has 62 valence electrons. The molecule has 2 aliphatic rings. The minimum Gasteiger partial charge on any atom is -0.215 e. The Kier molecular flexibility index (Phi) is 2.47. The predicted octanol–water partition coefficient (Wildman–Crippen LogP) is 2.02. The molecule has 0 aromatic carbocycles. The van der Waals surface area contributed by atoms with E-state index >= 15 is 0 Å². The van der Waals surface area contributed by atoms with Crippen molar-refractivity contribution in [2.75, 3.05) is 18.6 Å². The van der Waals surface area contributed by atoms with Gasteiger partial charge in [-0.15, -0.1) is 0 Å². The zero-order valence-electron chi connectivity index (χ0n) is 6.88. The molecule has 1 unspecified atom stereocenters. The van der Waals surface area contributed by atoms with Crippen LogP contribution in [0.3, 0.4) is 0 Å². The number of rotatable bonds is 0. The van der Waals surface area contributed by atoms with E-state index in [0.29, 0.717) is 0 Å². The van der Waals surface area contributed by atoms with Crippen molar-refractivity contribution < 1.29 is 4.58 Å². The van der Waals surface area contributed by atoms with Crippen molar-refractivity contribution in [1.82, 2.24) is 0 Å². The first-order valence-corrected chi connectivity index (χ1v) is 6.43. The van der Waals surface area contributed by atoms with Crippen LogP contribution in [0.4, 0.5) is 0 Å². The minimum atomic E-state index is 0.885. The van der Waals surface area contributed by atoms with Crippen molar-refractivity contribution in [3.63, 3.8) is 0 Å². The molecule has 0 saturated carbocycles. The van der Waals surface area contributed by atoms with E-state index < -0.39 is 0 Å². The second-order valence-electron chi connectivity index (χ2n) is 3.12. The Morgan fingerprint density at radius 3 is 3.27 bits per heavy atom. The Bertz CT molecular complexity index is 189. The standard InChI is InChI=1S/C8H14NS2/c1-10-8-9-5-3-2-4-7(9)6-11-8/h7H,2-6H2,1H3/q+1. The fraction of sp³-hybridized carbons (Fsp3) is 0.875. The van der Waals surface area contributed by atoms with Crippen molar-refractivity contribution in [3.8, 4) is 0 Å². The number of hydrogen-bond donors (Lipinski definition) is 0. The van der Waals surface area contributed by atoms with Crippen LogP contribution in [0.15, 0.2) is 0 Å². The lowest BCUT2D eigenvalue weighted by atomic mass is 10.1. The van der Waals surface area contributed by atoms with Crippen molar-refractivity contribution in [3.05, 3.63) is 0 Å². The highest BCUT2D eigenvalue weighted by molar-refractivity contribution is 8.38. The average molecular weight is 188 g/mol. The van der Waals surface area contributed by atoms with E-state index in [9.17, 15) is 0 Å². The maximum atomic E-state index is 2.61. The summed E-state index contributed by atoms with van der Waals surface area (Å²) in [6.07, 6.45) is 6.47. The molecule has 1 saturated heterocycles. The summed E-state index contributed by atoms with van der Waals surface area (Å²) >= 11 is 3.98. The van der Waals surface area contributed by atoms with Crippen molar-refractivity contribution in [2.45, 2.75) is 25.3 Å². The van der Waals surface area contributed by atoms with Gasteiger partial charge in [-0.25, -0.2) is 4.58 Å². The number of fused-ring (bicyclic) bond motifs is 1. The van der Waals surface area contributed by atoms with Crippen LogP contribution >= 0.6 is 23.5 Å². The molecule has 2 rings (SSSR count). The second-order valence-corrected chi connectivity index (χ2v) is 5.19. The highest BCUT2D eigenvalue weighted by Crippen LogP contribution is 2.29. The SMILES string of the molecule is CSC1=[N+]2CCCCC2CS1. The normalized spacial score (nSPS) is 30.8. The molecule has 11 heavy (non-hydrogen) atoms. The van der Waals surface area contributed by atoms with E-state index in [2.05, 4.69) is 22.6 Å². The molecule has 2 heterocycles. The van der Waals surface area contributed by atoms with Gasteiger partial charge in [0.05, 0.1) is 5.75 Å². The molecule has 2 aliphatic heterocycles. The fourth-order valence-electron chi connectivity index (χ4n) is 1.84. The van der Waals surface area contributed by atoms with Crippen LogP contribution < -0.4 is 0 Å². The van der Waals surface area contributed by atoms with Gasteiger partial charge in [-0.3, -0.25) is 0 Å². The van der Waals surface area contributed by atoms with Crippen molar-refractivity contribution in [1.29, 1.82) is 0 Å². The quantitative estimate of drug-likeness (QED) is 0.535. The topological polar surface area (TPSA) is 3.01 Å². The predicted molar refractivity (Wildman–Crippen MR) is 53.7 cm³/mol. The van der Waals surface area contributed by atoms with Gasteiger partial charge in [0.1, 0.15) is 6.54 Å². The van der Waals surface area contributed by atoms with Gasteiger partial charge >= 0.3 is 0 Å².